The fourth-order valence-electron chi connectivity index (χ4n) is 14.1. The van der Waals surface area contributed by atoms with Gasteiger partial charge in [0.1, 0.15) is 42.0 Å². The molecular weight excluding hydrogens is 812 g/mol. The molecular formula is C45H72O17. The Labute approximate surface area is 363 Å². The molecule has 2 aliphatic heterocycles. The third kappa shape index (κ3) is 7.41. The number of hydrogen-bond donors (Lipinski definition) is 10. The van der Waals surface area contributed by atoms with Crippen molar-refractivity contribution in [3.63, 3.8) is 0 Å². The minimum Gasteiger partial charge on any atom is -0.481 e. The lowest BCUT2D eigenvalue weighted by molar-refractivity contribution is -0.370. The van der Waals surface area contributed by atoms with E-state index < -0.39 is 138 Å². The van der Waals surface area contributed by atoms with Crippen molar-refractivity contribution in [3.8, 4) is 0 Å². The van der Waals surface area contributed by atoms with E-state index in [-0.39, 0.29) is 43.1 Å². The lowest BCUT2D eigenvalue weighted by Gasteiger charge is -2.72. The Bertz CT molecular complexity index is 1710. The van der Waals surface area contributed by atoms with Crippen molar-refractivity contribution in [1.82, 2.24) is 0 Å². The molecule has 0 aromatic carbocycles. The highest BCUT2D eigenvalue weighted by molar-refractivity contribution is 5.78. The van der Waals surface area contributed by atoms with Gasteiger partial charge in [-0.1, -0.05) is 53.2 Å². The Morgan fingerprint density at radius 2 is 1.55 bits per heavy atom. The molecule has 0 spiro atoms. The smallest absolute Gasteiger partial charge is 0.312 e. The fraction of sp³-hybridized carbons (Fsp3) is 0.911. The van der Waals surface area contributed by atoms with Gasteiger partial charge in [-0.05, 0) is 97.7 Å². The summed E-state index contributed by atoms with van der Waals surface area (Å²) in [6.45, 7) is 12.6. The number of aliphatic hydroxyl groups excluding tert-OH is 9. The minimum absolute atomic E-state index is 0.0469. The van der Waals surface area contributed by atoms with Crippen molar-refractivity contribution < 1.29 is 84.3 Å². The van der Waals surface area contributed by atoms with Gasteiger partial charge in [0.15, 0.2) is 18.7 Å². The first kappa shape index (κ1) is 48.1. The number of aliphatic carboxylic acids is 1. The van der Waals surface area contributed by atoms with Gasteiger partial charge in [0, 0.05) is 5.41 Å². The number of aliphatic hydroxyl groups is 9. The number of carbonyl (C=O) groups excluding carboxylic acids is 1. The van der Waals surface area contributed by atoms with Crippen molar-refractivity contribution in [1.29, 1.82) is 0 Å². The number of ether oxygens (including phenoxy) is 5. The second kappa shape index (κ2) is 16.8. The minimum atomic E-state index is -1.85. The summed E-state index contributed by atoms with van der Waals surface area (Å²) in [6.07, 6.45) is -13.4. The van der Waals surface area contributed by atoms with Crippen LogP contribution in [0.4, 0.5) is 0 Å². The van der Waals surface area contributed by atoms with Gasteiger partial charge in [-0.3, -0.25) is 9.59 Å². The molecule has 5 aliphatic carbocycles. The molecule has 0 amide bonds. The van der Waals surface area contributed by atoms with Gasteiger partial charge in [-0.25, -0.2) is 0 Å². The molecule has 21 atom stereocenters. The Morgan fingerprint density at radius 3 is 2.18 bits per heavy atom. The number of carboxylic acids is 1. The summed E-state index contributed by atoms with van der Waals surface area (Å²) >= 11 is 0. The quantitative estimate of drug-likeness (QED) is 0.107. The first-order valence-corrected chi connectivity index (χ1v) is 22.5. The molecule has 17 nitrogen and oxygen atoms in total. The van der Waals surface area contributed by atoms with Crippen molar-refractivity contribution in [3.05, 3.63) is 11.6 Å². The number of carboxylic acid groups (broad SMARTS) is 1. The molecule has 354 valence electrons. The predicted molar refractivity (Wildman–Crippen MR) is 216 cm³/mol. The summed E-state index contributed by atoms with van der Waals surface area (Å²) in [5, 5.41) is 110. The van der Waals surface area contributed by atoms with E-state index in [4.69, 9.17) is 23.7 Å². The van der Waals surface area contributed by atoms with E-state index in [1.807, 2.05) is 6.92 Å². The molecule has 0 aromatic rings. The molecule has 6 fully saturated rings. The van der Waals surface area contributed by atoms with E-state index in [0.29, 0.717) is 38.5 Å². The lowest BCUT2D eigenvalue weighted by atomic mass is 9.33. The van der Waals surface area contributed by atoms with E-state index in [0.717, 1.165) is 5.57 Å². The second-order valence-electron chi connectivity index (χ2n) is 21.8. The summed E-state index contributed by atoms with van der Waals surface area (Å²) in [6, 6.07) is 0. The predicted octanol–water partition coefficient (Wildman–Crippen LogP) is 0.757. The third-order valence-corrected chi connectivity index (χ3v) is 17.7. The van der Waals surface area contributed by atoms with Crippen LogP contribution in [-0.4, -0.2) is 163 Å². The van der Waals surface area contributed by atoms with Crippen molar-refractivity contribution >= 4 is 11.9 Å². The van der Waals surface area contributed by atoms with Gasteiger partial charge >= 0.3 is 11.9 Å². The third-order valence-electron chi connectivity index (χ3n) is 17.7. The van der Waals surface area contributed by atoms with Crippen LogP contribution in [-0.2, 0) is 33.3 Å². The van der Waals surface area contributed by atoms with Crippen LogP contribution in [0.5, 0.6) is 0 Å². The Kier molecular flexibility index (Phi) is 13.0. The molecule has 2 heterocycles. The van der Waals surface area contributed by atoms with Crippen molar-refractivity contribution in [2.45, 2.75) is 186 Å². The topological polar surface area (TPSA) is 283 Å². The first-order chi connectivity index (χ1) is 28.8. The maximum Gasteiger partial charge on any atom is 0.312 e. The second-order valence-corrected chi connectivity index (χ2v) is 21.8. The number of esters is 1. The average molecular weight is 885 g/mol. The molecule has 21 unspecified atom stereocenters. The van der Waals surface area contributed by atoms with Gasteiger partial charge in [0.2, 0.25) is 0 Å². The number of allylic oxidation sites excluding steroid dienone is 2. The van der Waals surface area contributed by atoms with Gasteiger partial charge in [-0.2, -0.15) is 0 Å². The summed E-state index contributed by atoms with van der Waals surface area (Å²) in [5.41, 5.74) is -3.34. The molecule has 2 saturated heterocycles. The molecule has 7 rings (SSSR count). The molecule has 4 saturated carbocycles. The van der Waals surface area contributed by atoms with E-state index in [1.54, 1.807) is 0 Å². The van der Waals surface area contributed by atoms with Crippen LogP contribution in [0.1, 0.15) is 106 Å². The molecule has 10 N–H and O–H groups in total. The van der Waals surface area contributed by atoms with Gasteiger partial charge in [0.25, 0.3) is 0 Å². The van der Waals surface area contributed by atoms with E-state index in [2.05, 4.69) is 40.7 Å². The van der Waals surface area contributed by atoms with Crippen LogP contribution in [0.25, 0.3) is 0 Å². The zero-order valence-corrected chi connectivity index (χ0v) is 37.1. The van der Waals surface area contributed by atoms with E-state index >= 15 is 0 Å². The SMILES string of the molecule is CC(O)CC(=O)OC1COC(OC2C(OC3CC4(C)C(=CCC5C6(C)CC(O)C(O)C(C)(CO)C6CCC54C)C4CC(C)(C)CCC34C(=O)O)OC(CO)C(O)C2O)C(O)C1O. The molecule has 0 aromatic heterocycles. The largest absolute Gasteiger partial charge is 0.481 e. The average Bonchev–Trinajstić information content (AvgIpc) is 3.18. The summed E-state index contributed by atoms with van der Waals surface area (Å²) in [7, 11) is 0. The van der Waals surface area contributed by atoms with Crippen LogP contribution in [0, 0.1) is 50.2 Å². The monoisotopic (exact) mass is 884 g/mol. The highest BCUT2D eigenvalue weighted by Gasteiger charge is 2.73. The maximum atomic E-state index is 14.1. The van der Waals surface area contributed by atoms with E-state index in [9.17, 15) is 60.7 Å². The lowest BCUT2D eigenvalue weighted by Crippen LogP contribution is -2.70. The Hall–Kier alpha value is -1.84. The van der Waals surface area contributed by atoms with Crippen LogP contribution in [0.3, 0.4) is 0 Å². The highest BCUT2D eigenvalue weighted by atomic mass is 16.8. The number of hydrogen-bond acceptors (Lipinski definition) is 16. The number of rotatable bonds is 10. The van der Waals surface area contributed by atoms with Crippen molar-refractivity contribution in [2.24, 2.45) is 50.2 Å². The van der Waals surface area contributed by atoms with Crippen LogP contribution < -0.4 is 0 Å². The van der Waals surface area contributed by atoms with Crippen LogP contribution in [0.2, 0.25) is 0 Å². The van der Waals surface area contributed by atoms with Crippen LogP contribution in [0.15, 0.2) is 11.6 Å². The van der Waals surface area contributed by atoms with E-state index in [1.165, 1.54) is 6.92 Å². The Morgan fingerprint density at radius 1 is 0.855 bits per heavy atom. The highest BCUT2D eigenvalue weighted by Crippen LogP contribution is 2.76. The molecule has 62 heavy (non-hydrogen) atoms. The maximum absolute atomic E-state index is 14.1. The summed E-state index contributed by atoms with van der Waals surface area (Å²) in [5.74, 6) is -2.56. The van der Waals surface area contributed by atoms with Gasteiger partial charge in [0.05, 0.1) is 50.7 Å². The molecule has 0 bridgehead atoms. The first-order valence-electron chi connectivity index (χ1n) is 22.5. The molecule has 17 heteroatoms. The summed E-state index contributed by atoms with van der Waals surface area (Å²) < 4.78 is 30.1. The normalized spacial score (nSPS) is 51.7. The van der Waals surface area contributed by atoms with Crippen molar-refractivity contribution in [2.75, 3.05) is 19.8 Å². The zero-order chi connectivity index (χ0) is 45.7. The fourth-order valence-corrected chi connectivity index (χ4v) is 14.1. The molecule has 7 aliphatic rings. The Balaban J connectivity index is 1.25. The zero-order valence-electron chi connectivity index (χ0n) is 37.1. The van der Waals surface area contributed by atoms with Gasteiger partial charge in [-0.15, -0.1) is 0 Å². The van der Waals surface area contributed by atoms with Crippen LogP contribution >= 0.6 is 0 Å². The van der Waals surface area contributed by atoms with Gasteiger partial charge < -0.3 is 74.7 Å². The molecule has 0 radical (unpaired) electrons. The number of fused-ring (bicyclic) bond motifs is 7. The number of carbonyl (C=O) groups is 2. The standard InChI is InChI=1S/C45H72O17/c1-21(48)14-30(50)59-26-19-58-37(34(54)32(26)52)62-35-33(53)31(51)25(18-46)60-38(35)61-29-17-44(7)22(23-15-40(2,3)12-13-45(23,29)39(56)57)8-9-28-41(4)16-24(49)36(55)42(5,20-47)27(41)10-11-43(28,44)6/h8,21,23-29,31-38,46-49,51-55H,9-20H2,1-7H3,(H,56,57). The summed E-state index contributed by atoms with van der Waals surface area (Å²) in [4.78, 5) is 26.3.